The van der Waals surface area contributed by atoms with Crippen LogP contribution in [0.3, 0.4) is 0 Å². The number of H-pyrrole nitrogens is 1. The lowest BCUT2D eigenvalue weighted by Gasteiger charge is -2.05. The number of Topliss-reactive ketones (excluding diaryl/α,β-unsaturated/α-hetero) is 1. The van der Waals surface area contributed by atoms with E-state index in [-0.39, 0.29) is 24.5 Å². The molecule has 6 heteroatoms. The lowest BCUT2D eigenvalue weighted by atomic mass is 10.1. The van der Waals surface area contributed by atoms with E-state index < -0.39 is 5.97 Å². The molecule has 0 spiro atoms. The van der Waals surface area contributed by atoms with Crippen molar-refractivity contribution in [1.29, 1.82) is 0 Å². The van der Waals surface area contributed by atoms with Crippen LogP contribution in [0.5, 0.6) is 0 Å². The number of nitrogens with zero attached hydrogens (tertiary/aromatic N) is 1. The summed E-state index contributed by atoms with van der Waals surface area (Å²) >= 11 is 0. The summed E-state index contributed by atoms with van der Waals surface area (Å²) in [7, 11) is 0. The highest BCUT2D eigenvalue weighted by atomic mass is 16.5. The first kappa shape index (κ1) is 16.7. The number of ketones is 1. The predicted octanol–water partition coefficient (Wildman–Crippen LogP) is 2.16. The van der Waals surface area contributed by atoms with Gasteiger partial charge in [-0.05, 0) is 44.9 Å². The zero-order chi connectivity index (χ0) is 17.1. The highest BCUT2D eigenvalue weighted by Gasteiger charge is 2.22. The summed E-state index contributed by atoms with van der Waals surface area (Å²) in [6.45, 7) is 7.14. The van der Waals surface area contributed by atoms with Gasteiger partial charge in [-0.25, -0.2) is 4.79 Å². The highest BCUT2D eigenvalue weighted by Crippen LogP contribution is 2.19. The van der Waals surface area contributed by atoms with E-state index in [0.29, 0.717) is 22.5 Å². The summed E-state index contributed by atoms with van der Waals surface area (Å²) in [4.78, 5) is 39.3. The zero-order valence-corrected chi connectivity index (χ0v) is 13.7. The van der Waals surface area contributed by atoms with E-state index in [9.17, 15) is 14.4 Å². The minimum atomic E-state index is -0.453. The Morgan fingerprint density at radius 1 is 1.26 bits per heavy atom. The summed E-state index contributed by atoms with van der Waals surface area (Å²) in [6.07, 6.45) is 1.59. The summed E-state index contributed by atoms with van der Waals surface area (Å²) in [6, 6.07) is 3.25. The summed E-state index contributed by atoms with van der Waals surface area (Å²) in [5, 5.41) is 0. The van der Waals surface area contributed by atoms with Gasteiger partial charge in [0.05, 0.1) is 24.4 Å². The molecule has 0 radical (unpaired) electrons. The van der Waals surface area contributed by atoms with Crippen molar-refractivity contribution in [2.75, 3.05) is 6.61 Å². The number of ether oxygens (including phenoxy) is 1. The molecule has 0 aromatic carbocycles. The number of nitrogens with one attached hydrogen (secondary N) is 1. The molecule has 0 aliphatic rings. The van der Waals surface area contributed by atoms with Crippen LogP contribution in [-0.2, 0) is 11.3 Å². The van der Waals surface area contributed by atoms with Crippen LogP contribution in [0.15, 0.2) is 23.1 Å². The van der Waals surface area contributed by atoms with E-state index in [1.54, 1.807) is 33.0 Å². The number of carbonyl (C=O) groups is 2. The van der Waals surface area contributed by atoms with E-state index in [1.807, 2.05) is 6.92 Å². The fraction of sp³-hybridized carbons (Fsp3) is 0.353. The fourth-order valence-electron chi connectivity index (χ4n) is 2.51. The maximum Gasteiger partial charge on any atom is 0.340 e. The molecular weight excluding hydrogens is 296 g/mol. The van der Waals surface area contributed by atoms with Crippen molar-refractivity contribution in [2.24, 2.45) is 0 Å². The van der Waals surface area contributed by atoms with Crippen LogP contribution >= 0.6 is 0 Å². The number of carbonyl (C=O) groups excluding carboxylic acids is 2. The molecule has 23 heavy (non-hydrogen) atoms. The number of hydrogen-bond donors (Lipinski definition) is 1. The van der Waals surface area contributed by atoms with Crippen molar-refractivity contribution >= 4 is 11.8 Å². The van der Waals surface area contributed by atoms with E-state index in [1.165, 1.54) is 10.6 Å². The molecule has 0 atom stereocenters. The molecule has 6 nitrogen and oxygen atoms in total. The van der Waals surface area contributed by atoms with Crippen molar-refractivity contribution < 1.29 is 14.3 Å². The average Bonchev–Trinajstić information content (AvgIpc) is 2.77. The van der Waals surface area contributed by atoms with E-state index >= 15 is 0 Å². The lowest BCUT2D eigenvalue weighted by molar-refractivity contribution is 0.0525. The van der Waals surface area contributed by atoms with E-state index in [4.69, 9.17) is 4.74 Å². The lowest BCUT2D eigenvalue weighted by Crippen LogP contribution is -2.23. The third kappa shape index (κ3) is 3.41. The van der Waals surface area contributed by atoms with E-state index in [0.717, 1.165) is 5.56 Å². The molecule has 2 aromatic heterocycles. The molecule has 0 bridgehead atoms. The van der Waals surface area contributed by atoms with E-state index in [2.05, 4.69) is 4.98 Å². The van der Waals surface area contributed by atoms with Crippen molar-refractivity contribution in [3.8, 4) is 0 Å². The molecule has 0 unspecified atom stereocenters. The SMILES string of the molecule is CCOC(=O)c1c(C)[nH]c(C(=O)Cn2ccc(C)cc2=O)c1C. The second-order valence-electron chi connectivity index (χ2n) is 5.44. The number of aryl methyl sites for hydroxylation is 2. The standard InChI is InChI=1S/C17H20N2O4/c1-5-23-17(22)15-11(3)16(18-12(15)4)13(20)9-19-7-6-10(2)8-14(19)21/h6-8,18H,5,9H2,1-4H3. The van der Waals surface area contributed by atoms with Gasteiger partial charge in [0.25, 0.3) is 5.56 Å². The number of pyridine rings is 1. The smallest absolute Gasteiger partial charge is 0.340 e. The second kappa shape index (κ2) is 6.64. The van der Waals surface area contributed by atoms with Crippen molar-refractivity contribution in [2.45, 2.75) is 34.2 Å². The van der Waals surface area contributed by atoms with Crippen LogP contribution in [0.4, 0.5) is 0 Å². The first-order valence-electron chi connectivity index (χ1n) is 7.41. The Bertz CT molecular complexity index is 814. The Kier molecular flexibility index (Phi) is 4.83. The maximum absolute atomic E-state index is 12.5. The van der Waals surface area contributed by atoms with Gasteiger partial charge in [0.15, 0.2) is 5.78 Å². The first-order chi connectivity index (χ1) is 10.8. The highest BCUT2D eigenvalue weighted by molar-refractivity contribution is 6.01. The molecule has 0 aliphatic heterocycles. The van der Waals surface area contributed by atoms with Gasteiger partial charge in [0.1, 0.15) is 0 Å². The van der Waals surface area contributed by atoms with Crippen LogP contribution in [0.1, 0.15) is 44.6 Å². The zero-order valence-electron chi connectivity index (χ0n) is 13.7. The molecule has 0 fully saturated rings. The van der Waals surface area contributed by atoms with Gasteiger partial charge >= 0.3 is 5.97 Å². The van der Waals surface area contributed by atoms with Gasteiger partial charge in [-0.1, -0.05) is 0 Å². The summed E-state index contributed by atoms with van der Waals surface area (Å²) in [5.41, 5.74) is 2.45. The second-order valence-corrected chi connectivity index (χ2v) is 5.44. The Balaban J connectivity index is 2.32. The number of esters is 1. The van der Waals surface area contributed by atoms with Gasteiger partial charge in [-0.2, -0.15) is 0 Å². The predicted molar refractivity (Wildman–Crippen MR) is 86.0 cm³/mol. The van der Waals surface area contributed by atoms with Crippen molar-refractivity contribution in [3.05, 3.63) is 56.8 Å². The summed E-state index contributed by atoms with van der Waals surface area (Å²) in [5.74, 6) is -0.711. The Labute approximate surface area is 134 Å². The van der Waals surface area contributed by atoms with Gasteiger partial charge in [-0.15, -0.1) is 0 Å². The minimum Gasteiger partial charge on any atom is -0.462 e. The van der Waals surface area contributed by atoms with Gasteiger partial charge in [0, 0.05) is 18.0 Å². The normalized spacial score (nSPS) is 10.6. The molecule has 2 rings (SSSR count). The number of hydrogen-bond acceptors (Lipinski definition) is 4. The number of aromatic nitrogens is 2. The third-order valence-corrected chi connectivity index (χ3v) is 3.66. The van der Waals surface area contributed by atoms with Crippen LogP contribution in [0.25, 0.3) is 0 Å². The third-order valence-electron chi connectivity index (χ3n) is 3.66. The Morgan fingerprint density at radius 3 is 2.57 bits per heavy atom. The van der Waals surface area contributed by atoms with Crippen LogP contribution in [0.2, 0.25) is 0 Å². The topological polar surface area (TPSA) is 81.2 Å². The molecule has 0 saturated carbocycles. The average molecular weight is 316 g/mol. The molecule has 122 valence electrons. The molecule has 2 heterocycles. The largest absolute Gasteiger partial charge is 0.462 e. The fourth-order valence-corrected chi connectivity index (χ4v) is 2.51. The minimum absolute atomic E-state index is 0.0812. The van der Waals surface area contributed by atoms with Crippen molar-refractivity contribution in [3.63, 3.8) is 0 Å². The summed E-state index contributed by atoms with van der Waals surface area (Å²) < 4.78 is 6.35. The molecule has 1 N–H and O–H groups in total. The van der Waals surface area contributed by atoms with Gasteiger partial charge < -0.3 is 14.3 Å². The monoisotopic (exact) mass is 316 g/mol. The van der Waals surface area contributed by atoms with Gasteiger partial charge in [0.2, 0.25) is 0 Å². The Morgan fingerprint density at radius 2 is 1.96 bits per heavy atom. The first-order valence-corrected chi connectivity index (χ1v) is 7.41. The molecular formula is C17H20N2O4. The molecule has 0 amide bonds. The van der Waals surface area contributed by atoms with Crippen LogP contribution in [0, 0.1) is 20.8 Å². The number of rotatable bonds is 5. The van der Waals surface area contributed by atoms with Crippen LogP contribution in [-0.4, -0.2) is 27.9 Å². The van der Waals surface area contributed by atoms with Crippen LogP contribution < -0.4 is 5.56 Å². The van der Waals surface area contributed by atoms with Crippen molar-refractivity contribution in [1.82, 2.24) is 9.55 Å². The Hall–Kier alpha value is -2.63. The number of aromatic amines is 1. The molecule has 0 saturated heterocycles. The molecule has 2 aromatic rings. The maximum atomic E-state index is 12.5. The quantitative estimate of drug-likeness (QED) is 0.677. The molecule has 0 aliphatic carbocycles. The van der Waals surface area contributed by atoms with Gasteiger partial charge in [-0.3, -0.25) is 9.59 Å².